The molecular formula is C14H20N3O2P. The minimum Gasteiger partial charge on any atom is -0.448 e. The van der Waals surface area contributed by atoms with Crippen LogP contribution in [0, 0.1) is 17.8 Å². The molecule has 0 spiro atoms. The van der Waals surface area contributed by atoms with Crippen LogP contribution in [0.2, 0.25) is 0 Å². The number of aromatic nitrogens is 3. The van der Waals surface area contributed by atoms with E-state index in [1.807, 2.05) is 6.92 Å². The molecule has 0 atom stereocenters. The molecule has 1 aromatic heterocycles. The lowest BCUT2D eigenvalue weighted by Gasteiger charge is -2.55. The summed E-state index contributed by atoms with van der Waals surface area (Å²) in [6.45, 7) is 2.19. The van der Waals surface area contributed by atoms with Crippen LogP contribution >= 0.6 is 8.35 Å². The van der Waals surface area contributed by atoms with E-state index in [2.05, 4.69) is 10.3 Å². The van der Waals surface area contributed by atoms with E-state index in [1.165, 1.54) is 43.0 Å². The van der Waals surface area contributed by atoms with Gasteiger partial charge in [0.05, 0.1) is 15.0 Å². The lowest BCUT2D eigenvalue weighted by molar-refractivity contribution is -0.00551. The van der Waals surface area contributed by atoms with Gasteiger partial charge in [-0.15, -0.1) is 9.54 Å². The Bertz CT molecular complexity index is 507. The van der Waals surface area contributed by atoms with Crippen LogP contribution in [-0.4, -0.2) is 27.5 Å². The van der Waals surface area contributed by atoms with Crippen LogP contribution in [0.25, 0.3) is 0 Å². The number of hydrogen-bond donors (Lipinski definition) is 0. The Morgan fingerprint density at radius 3 is 2.45 bits per heavy atom. The van der Waals surface area contributed by atoms with Gasteiger partial charge < -0.3 is 4.74 Å². The highest BCUT2D eigenvalue weighted by Crippen LogP contribution is 2.61. The molecule has 6 heteroatoms. The molecule has 4 aliphatic rings. The van der Waals surface area contributed by atoms with Crippen molar-refractivity contribution in [2.45, 2.75) is 50.9 Å². The van der Waals surface area contributed by atoms with E-state index in [-0.39, 0.29) is 11.5 Å². The summed E-state index contributed by atoms with van der Waals surface area (Å²) in [6.07, 6.45) is 7.66. The largest absolute Gasteiger partial charge is 0.448 e. The molecular weight excluding hydrogens is 273 g/mol. The summed E-state index contributed by atoms with van der Waals surface area (Å²) in [5.41, 5.74) is 1.35. The minimum absolute atomic E-state index is 0.237. The average molecular weight is 293 g/mol. The SMILES string of the molecule is CCOC(=O)n1nnc(C23CC4CC(CC(C4)C2)C3)p1. The third-order valence-electron chi connectivity index (χ3n) is 5.36. The van der Waals surface area contributed by atoms with Crippen LogP contribution in [0.4, 0.5) is 4.79 Å². The number of hydrogen-bond acceptors (Lipinski definition) is 4. The van der Waals surface area contributed by atoms with Gasteiger partial charge in [0.1, 0.15) is 5.43 Å². The van der Waals surface area contributed by atoms with E-state index in [0.717, 1.165) is 31.5 Å². The van der Waals surface area contributed by atoms with E-state index in [0.29, 0.717) is 6.61 Å². The molecule has 1 heterocycles. The second-order valence-electron chi connectivity index (χ2n) is 6.80. The second-order valence-corrected chi connectivity index (χ2v) is 7.80. The predicted octanol–water partition coefficient (Wildman–Crippen LogP) is 3.33. The molecule has 20 heavy (non-hydrogen) atoms. The fourth-order valence-electron chi connectivity index (χ4n) is 5.07. The molecule has 4 fully saturated rings. The summed E-state index contributed by atoms with van der Waals surface area (Å²) in [5, 5.41) is 8.39. The summed E-state index contributed by atoms with van der Waals surface area (Å²) in [4.78, 5) is 11.7. The first-order valence-corrected chi connectivity index (χ1v) is 8.51. The fraction of sp³-hybridized carbons (Fsp3) is 0.857. The van der Waals surface area contributed by atoms with Crippen molar-refractivity contribution in [1.29, 1.82) is 0 Å². The number of nitrogens with zero attached hydrogens (tertiary/aromatic N) is 3. The Hall–Kier alpha value is -0.960. The number of rotatable bonds is 2. The van der Waals surface area contributed by atoms with Crippen molar-refractivity contribution in [3.05, 3.63) is 5.43 Å². The second kappa shape index (κ2) is 4.52. The standard InChI is InChI=1S/C14H20N3O2P/c1-2-19-13(18)17-16-15-12(20-17)14-6-9-3-10(7-14)5-11(4-9)8-14/h9-11H,2-8H2,1H3. The zero-order valence-corrected chi connectivity index (χ0v) is 12.7. The molecule has 0 unspecified atom stereocenters. The summed E-state index contributed by atoms with van der Waals surface area (Å²) < 4.78 is 6.36. The first-order chi connectivity index (χ1) is 9.68. The van der Waals surface area contributed by atoms with E-state index in [1.54, 1.807) is 0 Å². The topological polar surface area (TPSA) is 57.0 Å². The van der Waals surface area contributed by atoms with Gasteiger partial charge in [-0.1, -0.05) is 5.21 Å². The maximum atomic E-state index is 11.7. The van der Waals surface area contributed by atoms with Crippen LogP contribution in [0.5, 0.6) is 0 Å². The smallest absolute Gasteiger partial charge is 0.439 e. The minimum atomic E-state index is -0.377. The van der Waals surface area contributed by atoms with Gasteiger partial charge in [-0.3, -0.25) is 0 Å². The monoisotopic (exact) mass is 293 g/mol. The third-order valence-corrected chi connectivity index (χ3v) is 6.54. The van der Waals surface area contributed by atoms with Gasteiger partial charge in [0, 0.05) is 5.41 Å². The van der Waals surface area contributed by atoms with Gasteiger partial charge in [0.2, 0.25) is 0 Å². The molecule has 0 aliphatic heterocycles. The summed E-state index contributed by atoms with van der Waals surface area (Å²) in [5.74, 6) is 2.65. The first-order valence-electron chi connectivity index (χ1n) is 7.66. The van der Waals surface area contributed by atoms with Gasteiger partial charge >= 0.3 is 6.09 Å². The van der Waals surface area contributed by atoms with Gasteiger partial charge in [-0.05, 0) is 63.2 Å². The van der Waals surface area contributed by atoms with Crippen molar-refractivity contribution in [3.8, 4) is 0 Å². The highest BCUT2D eigenvalue weighted by molar-refractivity contribution is 7.27. The Morgan fingerprint density at radius 2 is 1.90 bits per heavy atom. The zero-order valence-electron chi connectivity index (χ0n) is 11.8. The van der Waals surface area contributed by atoms with Crippen molar-refractivity contribution in [1.82, 2.24) is 14.8 Å². The van der Waals surface area contributed by atoms with Crippen LogP contribution in [0.15, 0.2) is 0 Å². The molecule has 5 nitrogen and oxygen atoms in total. The molecule has 0 amide bonds. The molecule has 4 bridgehead atoms. The van der Waals surface area contributed by atoms with Crippen LogP contribution in [0.3, 0.4) is 0 Å². The van der Waals surface area contributed by atoms with E-state index >= 15 is 0 Å². The molecule has 0 saturated heterocycles. The van der Waals surface area contributed by atoms with Crippen molar-refractivity contribution in [2.24, 2.45) is 17.8 Å². The lowest BCUT2D eigenvalue weighted by atomic mass is 9.50. The molecule has 4 saturated carbocycles. The molecule has 0 radical (unpaired) electrons. The molecule has 1 aromatic rings. The van der Waals surface area contributed by atoms with E-state index in [4.69, 9.17) is 4.74 Å². The number of carbonyl (C=O) groups excluding carboxylic acids is 1. The quantitative estimate of drug-likeness (QED) is 0.839. The molecule has 5 rings (SSSR count). The molecule has 0 N–H and O–H groups in total. The Balaban J connectivity index is 1.62. The third kappa shape index (κ3) is 1.90. The lowest BCUT2D eigenvalue weighted by Crippen LogP contribution is -2.48. The van der Waals surface area contributed by atoms with E-state index in [9.17, 15) is 4.79 Å². The number of carbonyl (C=O) groups is 1. The van der Waals surface area contributed by atoms with Crippen molar-refractivity contribution >= 4 is 14.4 Å². The highest BCUT2D eigenvalue weighted by Gasteiger charge is 2.53. The van der Waals surface area contributed by atoms with Crippen LogP contribution < -0.4 is 0 Å². The molecule has 0 aromatic carbocycles. The predicted molar refractivity (Wildman–Crippen MR) is 74.8 cm³/mol. The van der Waals surface area contributed by atoms with Crippen molar-refractivity contribution < 1.29 is 9.53 Å². The van der Waals surface area contributed by atoms with Crippen molar-refractivity contribution in [2.75, 3.05) is 6.61 Å². The highest BCUT2D eigenvalue weighted by atomic mass is 31.0. The maximum absolute atomic E-state index is 11.7. The van der Waals surface area contributed by atoms with Crippen LogP contribution in [0.1, 0.15) is 50.9 Å². The normalized spacial score (nSPS) is 38.5. The Labute approximate surface area is 120 Å². The molecule has 108 valence electrons. The Morgan fingerprint density at radius 1 is 1.30 bits per heavy atom. The maximum Gasteiger partial charge on any atom is 0.439 e. The first kappa shape index (κ1) is 12.8. The summed E-state index contributed by atoms with van der Waals surface area (Å²) in [6, 6.07) is 0. The van der Waals surface area contributed by atoms with E-state index < -0.39 is 0 Å². The summed E-state index contributed by atoms with van der Waals surface area (Å²) in [7, 11) is 0.828. The van der Waals surface area contributed by atoms with Gasteiger partial charge in [0.25, 0.3) is 0 Å². The summed E-state index contributed by atoms with van der Waals surface area (Å²) >= 11 is 0. The van der Waals surface area contributed by atoms with Gasteiger partial charge in [-0.25, -0.2) is 4.79 Å². The average Bonchev–Trinajstić information content (AvgIpc) is 2.87. The van der Waals surface area contributed by atoms with Crippen molar-refractivity contribution in [3.63, 3.8) is 0 Å². The van der Waals surface area contributed by atoms with Gasteiger partial charge in [-0.2, -0.15) is 0 Å². The van der Waals surface area contributed by atoms with Gasteiger partial charge in [0.15, 0.2) is 0 Å². The molecule has 4 aliphatic carbocycles. The Kier molecular flexibility index (Phi) is 2.88. The van der Waals surface area contributed by atoms with Crippen LogP contribution in [-0.2, 0) is 10.2 Å². The fourth-order valence-corrected chi connectivity index (χ4v) is 6.03. The zero-order chi connectivity index (χ0) is 13.7. The number of ether oxygens (including phenoxy) is 1.